The molecule has 4 nitrogen and oxygen atoms in total. The summed E-state index contributed by atoms with van der Waals surface area (Å²) in [6.45, 7) is 1.92. The first-order chi connectivity index (χ1) is 9.38. The third-order valence-corrected chi connectivity index (χ3v) is 5.53. The van der Waals surface area contributed by atoms with E-state index in [1.165, 1.54) is 6.26 Å². The molecule has 1 aliphatic carbocycles. The number of hydrogen-bond donors (Lipinski definition) is 1. The van der Waals surface area contributed by atoms with E-state index in [0.29, 0.717) is 6.42 Å². The lowest BCUT2D eigenvalue weighted by Crippen LogP contribution is -2.33. The molecule has 1 saturated carbocycles. The van der Waals surface area contributed by atoms with Gasteiger partial charge in [0.2, 0.25) is 0 Å². The van der Waals surface area contributed by atoms with Crippen molar-refractivity contribution in [3.63, 3.8) is 0 Å². The van der Waals surface area contributed by atoms with Gasteiger partial charge in [-0.25, -0.2) is 8.42 Å². The number of benzene rings is 1. The Kier molecular flexibility index (Phi) is 4.70. The molecule has 0 bridgehead atoms. The van der Waals surface area contributed by atoms with Crippen molar-refractivity contribution >= 4 is 9.84 Å². The summed E-state index contributed by atoms with van der Waals surface area (Å²) in [5, 5.41) is -0.274. The SMILES string of the molecule is C[C@@H](N)c1ccccc1OC1CCCC(S(C)(=O)=O)C1. The Hall–Kier alpha value is -1.07. The smallest absolute Gasteiger partial charge is 0.150 e. The fourth-order valence-electron chi connectivity index (χ4n) is 2.74. The number of sulfone groups is 1. The third-order valence-electron chi connectivity index (χ3n) is 3.89. The van der Waals surface area contributed by atoms with Crippen LogP contribution >= 0.6 is 0 Å². The van der Waals surface area contributed by atoms with Crippen LogP contribution in [0.15, 0.2) is 24.3 Å². The molecule has 20 heavy (non-hydrogen) atoms. The second-order valence-corrected chi connectivity index (χ2v) is 8.01. The standard InChI is InChI=1S/C15H23NO3S/c1-11(16)14-8-3-4-9-15(14)19-12-6-5-7-13(10-12)20(2,17)18/h3-4,8-9,11-13H,5-7,10,16H2,1-2H3/t11-,12?,13?/m1/s1. The largest absolute Gasteiger partial charge is 0.490 e. The predicted molar refractivity (Wildman–Crippen MR) is 80.6 cm³/mol. The third kappa shape index (κ3) is 3.73. The van der Waals surface area contributed by atoms with E-state index >= 15 is 0 Å². The van der Waals surface area contributed by atoms with Crippen LogP contribution < -0.4 is 10.5 Å². The lowest BCUT2D eigenvalue weighted by atomic mass is 9.97. The zero-order chi connectivity index (χ0) is 14.8. The van der Waals surface area contributed by atoms with Crippen molar-refractivity contribution in [2.75, 3.05) is 6.26 Å². The predicted octanol–water partition coefficient (Wildman–Crippen LogP) is 2.44. The van der Waals surface area contributed by atoms with Gasteiger partial charge in [-0.3, -0.25) is 0 Å². The number of rotatable bonds is 4. The number of hydrogen-bond acceptors (Lipinski definition) is 4. The minimum absolute atomic E-state index is 0.0385. The molecule has 0 radical (unpaired) electrons. The van der Waals surface area contributed by atoms with Crippen molar-refractivity contribution < 1.29 is 13.2 Å². The summed E-state index contributed by atoms with van der Waals surface area (Å²) in [4.78, 5) is 0. The Balaban J connectivity index is 2.11. The molecular weight excluding hydrogens is 274 g/mol. The Bertz CT molecular complexity index is 554. The molecule has 1 aromatic rings. The summed E-state index contributed by atoms with van der Waals surface area (Å²) in [6.07, 6.45) is 4.39. The van der Waals surface area contributed by atoms with Gasteiger partial charge in [-0.15, -0.1) is 0 Å². The van der Waals surface area contributed by atoms with Crippen molar-refractivity contribution in [2.24, 2.45) is 5.73 Å². The topological polar surface area (TPSA) is 69.4 Å². The van der Waals surface area contributed by atoms with E-state index in [1.807, 2.05) is 31.2 Å². The number of para-hydroxylation sites is 1. The maximum atomic E-state index is 11.7. The van der Waals surface area contributed by atoms with Crippen LogP contribution in [0.1, 0.15) is 44.2 Å². The lowest BCUT2D eigenvalue weighted by Gasteiger charge is -2.29. The Morgan fingerprint density at radius 3 is 2.65 bits per heavy atom. The molecule has 1 aliphatic rings. The van der Waals surface area contributed by atoms with Crippen LogP contribution in [0.2, 0.25) is 0 Å². The summed E-state index contributed by atoms with van der Waals surface area (Å²) in [6, 6.07) is 7.61. The van der Waals surface area contributed by atoms with Crippen LogP contribution in [-0.2, 0) is 9.84 Å². The fraction of sp³-hybridized carbons (Fsp3) is 0.600. The van der Waals surface area contributed by atoms with Crippen LogP contribution in [0.3, 0.4) is 0 Å². The monoisotopic (exact) mass is 297 g/mol. The van der Waals surface area contributed by atoms with Crippen LogP contribution in [0.4, 0.5) is 0 Å². The van der Waals surface area contributed by atoms with Gasteiger partial charge in [-0.2, -0.15) is 0 Å². The zero-order valence-corrected chi connectivity index (χ0v) is 12.9. The molecule has 1 fully saturated rings. The first-order valence-electron chi connectivity index (χ1n) is 7.08. The van der Waals surface area contributed by atoms with Gasteiger partial charge >= 0.3 is 0 Å². The average molecular weight is 297 g/mol. The van der Waals surface area contributed by atoms with E-state index in [2.05, 4.69) is 0 Å². The molecule has 112 valence electrons. The van der Waals surface area contributed by atoms with Crippen LogP contribution in [0.25, 0.3) is 0 Å². The maximum absolute atomic E-state index is 11.7. The molecule has 0 aliphatic heterocycles. The molecular formula is C15H23NO3S. The quantitative estimate of drug-likeness (QED) is 0.926. The van der Waals surface area contributed by atoms with E-state index in [1.54, 1.807) is 0 Å². The fourth-order valence-corrected chi connectivity index (χ4v) is 3.90. The molecule has 0 amide bonds. The normalized spacial score (nSPS) is 25.1. The maximum Gasteiger partial charge on any atom is 0.150 e. The molecule has 0 spiro atoms. The Morgan fingerprint density at radius 1 is 1.30 bits per heavy atom. The average Bonchev–Trinajstić information content (AvgIpc) is 2.38. The minimum atomic E-state index is -2.98. The molecule has 2 N–H and O–H groups in total. The van der Waals surface area contributed by atoms with E-state index in [4.69, 9.17) is 10.5 Å². The minimum Gasteiger partial charge on any atom is -0.490 e. The van der Waals surface area contributed by atoms with Crippen LogP contribution in [-0.4, -0.2) is 26.0 Å². The van der Waals surface area contributed by atoms with Crippen molar-refractivity contribution in [1.29, 1.82) is 0 Å². The second-order valence-electron chi connectivity index (χ2n) is 5.68. The van der Waals surface area contributed by atoms with Gasteiger partial charge in [-0.1, -0.05) is 18.2 Å². The Labute approximate surface area is 121 Å². The van der Waals surface area contributed by atoms with Crippen LogP contribution in [0, 0.1) is 0 Å². The van der Waals surface area contributed by atoms with Gasteiger partial charge < -0.3 is 10.5 Å². The van der Waals surface area contributed by atoms with Gasteiger partial charge in [0.25, 0.3) is 0 Å². The molecule has 0 saturated heterocycles. The molecule has 3 atom stereocenters. The summed E-state index contributed by atoms with van der Waals surface area (Å²) < 4.78 is 29.4. The van der Waals surface area contributed by atoms with Gasteiger partial charge in [0.1, 0.15) is 15.6 Å². The van der Waals surface area contributed by atoms with E-state index in [0.717, 1.165) is 30.6 Å². The highest BCUT2D eigenvalue weighted by Crippen LogP contribution is 2.30. The van der Waals surface area contributed by atoms with Crippen molar-refractivity contribution in [1.82, 2.24) is 0 Å². The van der Waals surface area contributed by atoms with Gasteiger partial charge in [-0.05, 0) is 32.3 Å². The first kappa shape index (κ1) is 15.3. The van der Waals surface area contributed by atoms with Crippen molar-refractivity contribution in [3.8, 4) is 5.75 Å². The van der Waals surface area contributed by atoms with Gasteiger partial charge in [0.15, 0.2) is 0 Å². The highest BCUT2D eigenvalue weighted by Gasteiger charge is 2.30. The van der Waals surface area contributed by atoms with Gasteiger partial charge in [0, 0.05) is 24.3 Å². The first-order valence-corrected chi connectivity index (χ1v) is 9.03. The highest BCUT2D eigenvalue weighted by molar-refractivity contribution is 7.91. The molecule has 5 heteroatoms. The van der Waals surface area contributed by atoms with Crippen molar-refractivity contribution in [2.45, 2.75) is 50.0 Å². The van der Waals surface area contributed by atoms with Gasteiger partial charge in [0.05, 0.1) is 11.4 Å². The summed E-state index contributed by atoms with van der Waals surface area (Å²) in [7, 11) is -2.98. The van der Waals surface area contributed by atoms with E-state index < -0.39 is 9.84 Å². The van der Waals surface area contributed by atoms with Crippen LogP contribution in [0.5, 0.6) is 5.75 Å². The molecule has 0 aromatic heterocycles. The summed E-state index contributed by atoms with van der Waals surface area (Å²) in [5.74, 6) is 0.779. The zero-order valence-electron chi connectivity index (χ0n) is 12.1. The van der Waals surface area contributed by atoms with E-state index in [-0.39, 0.29) is 17.4 Å². The molecule has 1 aromatic carbocycles. The number of ether oxygens (including phenoxy) is 1. The molecule has 2 rings (SSSR count). The summed E-state index contributed by atoms with van der Waals surface area (Å²) in [5.41, 5.74) is 6.91. The highest BCUT2D eigenvalue weighted by atomic mass is 32.2. The molecule has 2 unspecified atom stereocenters. The van der Waals surface area contributed by atoms with E-state index in [9.17, 15) is 8.42 Å². The van der Waals surface area contributed by atoms with Crippen molar-refractivity contribution in [3.05, 3.63) is 29.8 Å². The summed E-state index contributed by atoms with van der Waals surface area (Å²) >= 11 is 0. The molecule has 0 heterocycles. The second kappa shape index (κ2) is 6.14. The number of nitrogens with two attached hydrogens (primary N) is 1. The Morgan fingerprint density at radius 2 is 2.00 bits per heavy atom. The lowest BCUT2D eigenvalue weighted by molar-refractivity contribution is 0.154.